The van der Waals surface area contributed by atoms with Crippen molar-refractivity contribution in [3.63, 3.8) is 0 Å². The molecule has 0 aliphatic heterocycles. The van der Waals surface area contributed by atoms with Crippen molar-refractivity contribution >= 4 is 15.9 Å². The third kappa shape index (κ3) is 2.62. The Morgan fingerprint density at radius 1 is 1.42 bits per heavy atom. The van der Waals surface area contributed by atoms with Gasteiger partial charge in [-0.05, 0) is 66.3 Å². The molecule has 2 aliphatic rings. The predicted octanol–water partition coefficient (Wildman–Crippen LogP) is 3.22. The first-order valence-electron chi connectivity index (χ1n) is 7.40. The van der Waals surface area contributed by atoms with Crippen LogP contribution in [0, 0.1) is 24.7 Å². The van der Waals surface area contributed by atoms with E-state index in [1.54, 1.807) is 0 Å². The summed E-state index contributed by atoms with van der Waals surface area (Å²) in [7, 11) is 1.96. The monoisotopic (exact) mass is 326 g/mol. The fraction of sp³-hybridized carbons (Fsp3) is 0.800. The summed E-state index contributed by atoms with van der Waals surface area (Å²) >= 11 is 3.58. The van der Waals surface area contributed by atoms with Gasteiger partial charge < -0.3 is 5.11 Å². The Hall–Kier alpha value is -0.350. The largest absolute Gasteiger partial charge is 0.393 e. The van der Waals surface area contributed by atoms with Gasteiger partial charge in [-0.1, -0.05) is 6.42 Å². The number of rotatable bonds is 4. The highest BCUT2D eigenvalue weighted by atomic mass is 79.9. The second-order valence-corrected chi connectivity index (χ2v) is 7.29. The van der Waals surface area contributed by atoms with Crippen LogP contribution < -0.4 is 0 Å². The molecule has 3 rings (SSSR count). The first-order chi connectivity index (χ1) is 9.04. The topological polar surface area (TPSA) is 38.0 Å². The van der Waals surface area contributed by atoms with E-state index in [1.165, 1.54) is 25.7 Å². The molecule has 0 spiro atoms. The van der Waals surface area contributed by atoms with Gasteiger partial charge in [-0.25, -0.2) is 0 Å². The highest BCUT2D eigenvalue weighted by molar-refractivity contribution is 9.10. The highest BCUT2D eigenvalue weighted by Crippen LogP contribution is 2.50. The lowest BCUT2D eigenvalue weighted by Crippen LogP contribution is -2.21. The number of aromatic nitrogens is 2. The van der Waals surface area contributed by atoms with Crippen LogP contribution in [0.4, 0.5) is 0 Å². The van der Waals surface area contributed by atoms with Crippen molar-refractivity contribution in [1.29, 1.82) is 0 Å². The summed E-state index contributed by atoms with van der Waals surface area (Å²) in [5, 5.41) is 14.8. The smallest absolute Gasteiger partial charge is 0.0738 e. The fourth-order valence-electron chi connectivity index (χ4n) is 4.22. The SMILES string of the molecule is Cc1nn(C)c(CC(O)CC2CC3CCC2C3)c1Br. The molecule has 2 saturated carbocycles. The van der Waals surface area contributed by atoms with Gasteiger partial charge in [0.1, 0.15) is 0 Å². The summed E-state index contributed by atoms with van der Waals surface area (Å²) in [5.74, 6) is 2.63. The maximum absolute atomic E-state index is 10.4. The summed E-state index contributed by atoms with van der Waals surface area (Å²) in [4.78, 5) is 0. The predicted molar refractivity (Wildman–Crippen MR) is 78.9 cm³/mol. The van der Waals surface area contributed by atoms with Gasteiger partial charge in [-0.3, -0.25) is 4.68 Å². The molecular formula is C15H23BrN2O. The van der Waals surface area contributed by atoms with Crippen molar-refractivity contribution in [3.8, 4) is 0 Å². The lowest BCUT2D eigenvalue weighted by atomic mass is 9.84. The zero-order valence-electron chi connectivity index (χ0n) is 11.8. The first kappa shape index (κ1) is 13.6. The molecule has 0 radical (unpaired) electrons. The Balaban J connectivity index is 1.60. The summed E-state index contributed by atoms with van der Waals surface area (Å²) in [6.07, 6.45) is 7.07. The number of hydrogen-bond acceptors (Lipinski definition) is 2. The molecule has 19 heavy (non-hydrogen) atoms. The Morgan fingerprint density at radius 3 is 2.74 bits per heavy atom. The fourth-order valence-corrected chi connectivity index (χ4v) is 4.72. The van der Waals surface area contributed by atoms with Crippen molar-refractivity contribution in [2.24, 2.45) is 24.8 Å². The van der Waals surface area contributed by atoms with Crippen molar-refractivity contribution in [2.45, 2.75) is 51.6 Å². The number of hydrogen-bond donors (Lipinski definition) is 1. The second-order valence-electron chi connectivity index (χ2n) is 6.50. The standard InChI is InChI=1S/C15H23BrN2O/c1-9-15(16)14(18(2)17-9)8-13(19)7-12-6-10-3-4-11(12)5-10/h10-13,19H,3-8H2,1-2H3. The molecule has 106 valence electrons. The highest BCUT2D eigenvalue weighted by Gasteiger charge is 2.40. The van der Waals surface area contributed by atoms with Gasteiger partial charge in [0.15, 0.2) is 0 Å². The minimum atomic E-state index is -0.226. The van der Waals surface area contributed by atoms with Crippen molar-refractivity contribution in [3.05, 3.63) is 15.9 Å². The average Bonchev–Trinajstić information content (AvgIpc) is 3.01. The maximum Gasteiger partial charge on any atom is 0.0738 e. The molecule has 1 aromatic heterocycles. The zero-order valence-corrected chi connectivity index (χ0v) is 13.4. The number of aliphatic hydroxyl groups excluding tert-OH is 1. The summed E-state index contributed by atoms with van der Waals surface area (Å²) in [6, 6.07) is 0. The molecule has 4 atom stereocenters. The van der Waals surface area contributed by atoms with Gasteiger partial charge in [0.2, 0.25) is 0 Å². The van der Waals surface area contributed by atoms with Crippen molar-refractivity contribution in [1.82, 2.24) is 9.78 Å². The molecule has 0 aromatic carbocycles. The molecule has 2 aliphatic carbocycles. The molecule has 1 aromatic rings. The van der Waals surface area contributed by atoms with E-state index in [2.05, 4.69) is 21.0 Å². The van der Waals surface area contributed by atoms with Crippen LogP contribution in [-0.2, 0) is 13.5 Å². The van der Waals surface area contributed by atoms with Crippen molar-refractivity contribution < 1.29 is 5.11 Å². The van der Waals surface area contributed by atoms with Crippen LogP contribution in [0.3, 0.4) is 0 Å². The molecule has 4 unspecified atom stereocenters. The number of aryl methyl sites for hydroxylation is 2. The number of fused-ring (bicyclic) bond motifs is 2. The van der Waals surface area contributed by atoms with Crippen LogP contribution in [-0.4, -0.2) is 21.0 Å². The van der Waals surface area contributed by atoms with Crippen LogP contribution in [0.25, 0.3) is 0 Å². The van der Waals surface area contributed by atoms with Crippen LogP contribution in [0.15, 0.2) is 4.47 Å². The van der Waals surface area contributed by atoms with Gasteiger partial charge in [0, 0.05) is 13.5 Å². The van der Waals surface area contributed by atoms with Gasteiger partial charge in [0.05, 0.1) is 22.0 Å². The molecule has 0 amide bonds. The average molecular weight is 327 g/mol. The van der Waals surface area contributed by atoms with Crippen LogP contribution in [0.1, 0.15) is 43.5 Å². The molecule has 1 N–H and O–H groups in total. The molecule has 1 heterocycles. The van der Waals surface area contributed by atoms with E-state index in [0.717, 1.165) is 40.0 Å². The number of aliphatic hydroxyl groups is 1. The zero-order chi connectivity index (χ0) is 13.6. The van der Waals surface area contributed by atoms with E-state index < -0.39 is 0 Å². The van der Waals surface area contributed by atoms with E-state index in [9.17, 15) is 5.11 Å². The van der Waals surface area contributed by atoms with E-state index in [1.807, 2.05) is 18.7 Å². The van der Waals surface area contributed by atoms with E-state index in [0.29, 0.717) is 6.42 Å². The molecule has 3 nitrogen and oxygen atoms in total. The summed E-state index contributed by atoms with van der Waals surface area (Å²) in [6.45, 7) is 2.00. The second kappa shape index (κ2) is 5.21. The van der Waals surface area contributed by atoms with Gasteiger partial charge >= 0.3 is 0 Å². The maximum atomic E-state index is 10.4. The minimum absolute atomic E-state index is 0.226. The van der Waals surface area contributed by atoms with Gasteiger partial charge in [-0.2, -0.15) is 5.10 Å². The number of nitrogens with zero attached hydrogens (tertiary/aromatic N) is 2. The van der Waals surface area contributed by atoms with Crippen LogP contribution in [0.2, 0.25) is 0 Å². The summed E-state index contributed by atoms with van der Waals surface area (Å²) < 4.78 is 2.95. The summed E-state index contributed by atoms with van der Waals surface area (Å²) in [5.41, 5.74) is 2.12. The normalized spacial score (nSPS) is 31.1. The third-order valence-electron chi connectivity index (χ3n) is 5.15. The Morgan fingerprint density at radius 2 is 2.21 bits per heavy atom. The quantitative estimate of drug-likeness (QED) is 0.922. The van der Waals surface area contributed by atoms with Crippen LogP contribution >= 0.6 is 15.9 Å². The van der Waals surface area contributed by atoms with Gasteiger partial charge in [-0.15, -0.1) is 0 Å². The molecular weight excluding hydrogens is 304 g/mol. The Kier molecular flexibility index (Phi) is 3.73. The molecule has 2 bridgehead atoms. The lowest BCUT2D eigenvalue weighted by Gasteiger charge is -2.24. The van der Waals surface area contributed by atoms with E-state index in [4.69, 9.17) is 0 Å². The minimum Gasteiger partial charge on any atom is -0.393 e. The van der Waals surface area contributed by atoms with Crippen LogP contribution in [0.5, 0.6) is 0 Å². The molecule has 4 heteroatoms. The van der Waals surface area contributed by atoms with E-state index >= 15 is 0 Å². The van der Waals surface area contributed by atoms with E-state index in [-0.39, 0.29) is 6.10 Å². The molecule has 2 fully saturated rings. The lowest BCUT2D eigenvalue weighted by molar-refractivity contribution is 0.122. The molecule has 0 saturated heterocycles. The number of halogens is 1. The first-order valence-corrected chi connectivity index (χ1v) is 8.20. The Bertz CT molecular complexity index is 471. The van der Waals surface area contributed by atoms with Crippen molar-refractivity contribution in [2.75, 3.05) is 0 Å². The van der Waals surface area contributed by atoms with Gasteiger partial charge in [0.25, 0.3) is 0 Å². The third-order valence-corrected chi connectivity index (χ3v) is 6.18. The Labute approximate surface area is 123 Å².